The highest BCUT2D eigenvalue weighted by molar-refractivity contribution is 5.24. The first kappa shape index (κ1) is 10.3. The number of hydrogen-bond donors (Lipinski definition) is 0. The largest absolute Gasteiger partial charge is 0.102 e. The minimum Gasteiger partial charge on any atom is -0.102 e. The Balaban J connectivity index is 2.81. The summed E-state index contributed by atoms with van der Waals surface area (Å²) < 4.78 is 0. The Morgan fingerprint density at radius 1 is 1.31 bits per heavy atom. The molecule has 0 aromatic heterocycles. The monoisotopic (exact) mass is 176 g/mol. The summed E-state index contributed by atoms with van der Waals surface area (Å²) in [7, 11) is 0. The van der Waals surface area contributed by atoms with Gasteiger partial charge in [0.1, 0.15) is 0 Å². The van der Waals surface area contributed by atoms with Crippen LogP contribution in [0.15, 0.2) is 37.0 Å². The molecule has 0 aromatic rings. The minimum atomic E-state index is 0.108. The summed E-state index contributed by atoms with van der Waals surface area (Å²) in [4.78, 5) is 0. The van der Waals surface area contributed by atoms with E-state index in [0.717, 1.165) is 12.8 Å². The van der Waals surface area contributed by atoms with Gasteiger partial charge in [-0.2, -0.15) is 0 Å². The van der Waals surface area contributed by atoms with Crippen molar-refractivity contribution in [2.24, 2.45) is 10.8 Å². The van der Waals surface area contributed by atoms with Crippen molar-refractivity contribution in [1.82, 2.24) is 0 Å². The summed E-state index contributed by atoms with van der Waals surface area (Å²) in [6.45, 7) is 10.8. The van der Waals surface area contributed by atoms with E-state index < -0.39 is 0 Å². The molecule has 0 saturated heterocycles. The van der Waals surface area contributed by atoms with Crippen LogP contribution in [0.5, 0.6) is 0 Å². The van der Waals surface area contributed by atoms with Crippen molar-refractivity contribution in [3.63, 3.8) is 0 Å². The van der Waals surface area contributed by atoms with Gasteiger partial charge in [0.05, 0.1) is 0 Å². The highest BCUT2D eigenvalue weighted by Crippen LogP contribution is 2.38. The van der Waals surface area contributed by atoms with E-state index >= 15 is 0 Å². The molecule has 0 aliphatic heterocycles. The van der Waals surface area contributed by atoms with Crippen molar-refractivity contribution in [2.45, 2.75) is 33.6 Å². The molecule has 0 spiro atoms. The van der Waals surface area contributed by atoms with Crippen LogP contribution in [0.2, 0.25) is 0 Å². The predicted molar refractivity (Wildman–Crippen MR) is 59.6 cm³/mol. The van der Waals surface area contributed by atoms with Gasteiger partial charge in [-0.15, -0.1) is 6.58 Å². The average molecular weight is 176 g/mol. The fraction of sp³-hybridized carbons (Fsp3) is 0.538. The number of hydrogen-bond acceptors (Lipinski definition) is 0. The normalized spacial score (nSPS) is 20.2. The molecule has 13 heavy (non-hydrogen) atoms. The van der Waals surface area contributed by atoms with E-state index in [0.29, 0.717) is 5.41 Å². The van der Waals surface area contributed by atoms with Crippen LogP contribution in [0.25, 0.3) is 0 Å². The van der Waals surface area contributed by atoms with Crippen molar-refractivity contribution < 1.29 is 0 Å². The van der Waals surface area contributed by atoms with Gasteiger partial charge in [-0.25, -0.2) is 0 Å². The molecular formula is C13H20. The maximum Gasteiger partial charge on any atom is 0.0244 e. The molecule has 0 nitrogen and oxygen atoms in total. The molecule has 0 aromatic carbocycles. The lowest BCUT2D eigenvalue weighted by Gasteiger charge is -2.32. The van der Waals surface area contributed by atoms with E-state index in [9.17, 15) is 0 Å². The van der Waals surface area contributed by atoms with Gasteiger partial charge in [-0.05, 0) is 18.3 Å². The number of allylic oxidation sites excluding steroid dienone is 5. The smallest absolute Gasteiger partial charge is 0.0244 e. The van der Waals surface area contributed by atoms with Gasteiger partial charge in [-0.3, -0.25) is 0 Å². The Morgan fingerprint density at radius 2 is 1.85 bits per heavy atom. The molecule has 0 amide bonds. The summed E-state index contributed by atoms with van der Waals surface area (Å²) >= 11 is 0. The topological polar surface area (TPSA) is 0 Å². The van der Waals surface area contributed by atoms with E-state index in [1.807, 2.05) is 0 Å². The van der Waals surface area contributed by atoms with Crippen LogP contribution in [-0.4, -0.2) is 0 Å². The lowest BCUT2D eigenvalue weighted by atomic mass is 9.72. The van der Waals surface area contributed by atoms with Gasteiger partial charge in [-0.1, -0.05) is 51.2 Å². The Hall–Kier alpha value is -0.780. The standard InChI is InChI=1S/C13H20/c1-5-13(11-12(2,3)4)9-7-6-8-10-13/h5,7-10H,1,6,11H2,2-4H3. The summed E-state index contributed by atoms with van der Waals surface area (Å²) in [5.74, 6) is 0. The second-order valence-corrected chi connectivity index (χ2v) is 5.09. The first-order valence-electron chi connectivity index (χ1n) is 4.96. The van der Waals surface area contributed by atoms with Crippen LogP contribution in [0.1, 0.15) is 33.6 Å². The van der Waals surface area contributed by atoms with Crippen molar-refractivity contribution >= 4 is 0 Å². The Kier molecular flexibility index (Phi) is 2.80. The second-order valence-electron chi connectivity index (χ2n) is 5.09. The summed E-state index contributed by atoms with van der Waals surface area (Å²) in [6, 6.07) is 0. The molecule has 0 bridgehead atoms. The van der Waals surface area contributed by atoms with Gasteiger partial charge in [0.25, 0.3) is 0 Å². The van der Waals surface area contributed by atoms with Gasteiger partial charge in [0.2, 0.25) is 0 Å². The van der Waals surface area contributed by atoms with Crippen molar-refractivity contribution in [3.05, 3.63) is 37.0 Å². The maximum atomic E-state index is 3.94. The first-order valence-corrected chi connectivity index (χ1v) is 4.96. The molecule has 0 saturated carbocycles. The highest BCUT2D eigenvalue weighted by Gasteiger charge is 2.27. The fourth-order valence-corrected chi connectivity index (χ4v) is 1.95. The summed E-state index contributed by atoms with van der Waals surface area (Å²) in [5.41, 5.74) is 0.455. The molecule has 0 atom stereocenters. The molecule has 1 aliphatic rings. The maximum absolute atomic E-state index is 3.94. The Labute approximate surface area is 82.0 Å². The zero-order valence-electron chi connectivity index (χ0n) is 9.01. The third kappa shape index (κ3) is 2.87. The van der Waals surface area contributed by atoms with Crippen molar-refractivity contribution in [2.75, 3.05) is 0 Å². The zero-order chi connectivity index (χ0) is 9.95. The van der Waals surface area contributed by atoms with Crippen LogP contribution in [0.4, 0.5) is 0 Å². The quantitative estimate of drug-likeness (QED) is 0.555. The Morgan fingerprint density at radius 3 is 2.23 bits per heavy atom. The summed E-state index contributed by atoms with van der Waals surface area (Å²) in [6.07, 6.45) is 13.3. The van der Waals surface area contributed by atoms with Gasteiger partial charge in [0.15, 0.2) is 0 Å². The van der Waals surface area contributed by atoms with Gasteiger partial charge < -0.3 is 0 Å². The molecule has 0 unspecified atom stereocenters. The van der Waals surface area contributed by atoms with Crippen LogP contribution < -0.4 is 0 Å². The van der Waals surface area contributed by atoms with Crippen LogP contribution in [0.3, 0.4) is 0 Å². The summed E-state index contributed by atoms with van der Waals surface area (Å²) in [5, 5.41) is 0. The fourth-order valence-electron chi connectivity index (χ4n) is 1.95. The third-order valence-electron chi connectivity index (χ3n) is 2.35. The van der Waals surface area contributed by atoms with E-state index in [-0.39, 0.29) is 5.41 Å². The molecule has 1 rings (SSSR count). The molecule has 72 valence electrons. The lowest BCUT2D eigenvalue weighted by Crippen LogP contribution is -2.21. The zero-order valence-corrected chi connectivity index (χ0v) is 9.01. The second kappa shape index (κ2) is 3.53. The first-order chi connectivity index (χ1) is 5.97. The lowest BCUT2D eigenvalue weighted by molar-refractivity contribution is 0.307. The average Bonchev–Trinajstić information content (AvgIpc) is 2.03. The molecule has 0 heterocycles. The van der Waals surface area contributed by atoms with Crippen molar-refractivity contribution in [1.29, 1.82) is 0 Å². The van der Waals surface area contributed by atoms with Crippen LogP contribution in [-0.2, 0) is 0 Å². The highest BCUT2D eigenvalue weighted by atomic mass is 14.3. The van der Waals surface area contributed by atoms with E-state index in [1.165, 1.54) is 0 Å². The van der Waals surface area contributed by atoms with Crippen LogP contribution in [0, 0.1) is 10.8 Å². The van der Waals surface area contributed by atoms with Crippen LogP contribution >= 0.6 is 0 Å². The van der Waals surface area contributed by atoms with E-state index in [1.54, 1.807) is 0 Å². The predicted octanol–water partition coefficient (Wildman–Crippen LogP) is 4.11. The molecule has 0 heteroatoms. The molecule has 0 radical (unpaired) electrons. The molecule has 0 N–H and O–H groups in total. The minimum absolute atomic E-state index is 0.108. The van der Waals surface area contributed by atoms with E-state index in [2.05, 4.69) is 57.7 Å². The third-order valence-corrected chi connectivity index (χ3v) is 2.35. The Bertz CT molecular complexity index is 223. The van der Waals surface area contributed by atoms with Gasteiger partial charge >= 0.3 is 0 Å². The number of rotatable bonds is 2. The molecule has 0 fully saturated rings. The SMILES string of the molecule is C=CC1(CC(C)(C)C)C=CCC=C1. The molecular weight excluding hydrogens is 156 g/mol. The van der Waals surface area contributed by atoms with E-state index in [4.69, 9.17) is 0 Å². The van der Waals surface area contributed by atoms with Crippen molar-refractivity contribution in [3.8, 4) is 0 Å². The van der Waals surface area contributed by atoms with Gasteiger partial charge in [0, 0.05) is 5.41 Å². The molecule has 1 aliphatic carbocycles.